The van der Waals surface area contributed by atoms with Gasteiger partial charge in [-0.25, -0.2) is 0 Å². The maximum absolute atomic E-state index is 12.3. The number of benzene rings is 2. The van der Waals surface area contributed by atoms with Gasteiger partial charge < -0.3 is 25.2 Å². The van der Waals surface area contributed by atoms with E-state index in [0.717, 1.165) is 11.3 Å². The van der Waals surface area contributed by atoms with Crippen molar-refractivity contribution in [2.45, 2.75) is 13.0 Å². The third-order valence-corrected chi connectivity index (χ3v) is 4.51. The van der Waals surface area contributed by atoms with Crippen molar-refractivity contribution in [3.63, 3.8) is 0 Å². The van der Waals surface area contributed by atoms with Crippen LogP contribution in [0.4, 0.5) is 11.4 Å². The summed E-state index contributed by atoms with van der Waals surface area (Å²) >= 11 is 0. The summed E-state index contributed by atoms with van der Waals surface area (Å²) < 4.78 is 5.47. The van der Waals surface area contributed by atoms with Gasteiger partial charge in [-0.05, 0) is 50.8 Å². The number of hydrogen-bond donors (Lipinski definition) is 2. The van der Waals surface area contributed by atoms with E-state index in [9.17, 15) is 9.59 Å². The van der Waals surface area contributed by atoms with Gasteiger partial charge in [-0.1, -0.05) is 24.3 Å². The van der Waals surface area contributed by atoms with E-state index in [1.54, 1.807) is 18.2 Å². The molecule has 0 aliphatic rings. The highest BCUT2D eigenvalue weighted by Crippen LogP contribution is 2.24. The van der Waals surface area contributed by atoms with Crippen molar-refractivity contribution in [2.24, 2.45) is 0 Å². The zero-order valence-corrected chi connectivity index (χ0v) is 17.7. The summed E-state index contributed by atoms with van der Waals surface area (Å²) in [5.41, 5.74) is 2.63. The molecule has 2 rings (SSSR count). The molecule has 0 aliphatic carbocycles. The smallest absolute Gasteiger partial charge is 0.313 e. The highest BCUT2D eigenvalue weighted by molar-refractivity contribution is 6.39. The molecule has 0 radical (unpaired) electrons. The normalized spacial score (nSPS) is 11.7. The lowest BCUT2D eigenvalue weighted by atomic mass is 10.1. The Morgan fingerprint density at radius 2 is 1.62 bits per heavy atom. The van der Waals surface area contributed by atoms with Crippen LogP contribution in [0, 0.1) is 0 Å². The Kier molecular flexibility index (Phi) is 8.03. The van der Waals surface area contributed by atoms with Gasteiger partial charge in [0.2, 0.25) is 0 Å². The highest BCUT2D eigenvalue weighted by Gasteiger charge is 2.20. The fourth-order valence-corrected chi connectivity index (χ4v) is 2.89. The summed E-state index contributed by atoms with van der Waals surface area (Å²) in [6.45, 7) is 2.64. The lowest BCUT2D eigenvalue weighted by Gasteiger charge is -2.25. The first-order chi connectivity index (χ1) is 13.8. The molecule has 0 bridgehead atoms. The van der Waals surface area contributed by atoms with Crippen molar-refractivity contribution in [3.8, 4) is 5.75 Å². The minimum absolute atomic E-state index is 0.0568. The van der Waals surface area contributed by atoms with Crippen LogP contribution in [-0.2, 0) is 9.59 Å². The van der Waals surface area contributed by atoms with Crippen LogP contribution in [0.2, 0.25) is 0 Å². The second-order valence-corrected chi connectivity index (χ2v) is 7.06. The number of likely N-dealkylation sites (N-methyl/N-ethyl adjacent to an activating group) is 1. The molecule has 156 valence electrons. The van der Waals surface area contributed by atoms with Gasteiger partial charge in [-0.2, -0.15) is 0 Å². The first-order valence-corrected chi connectivity index (χ1v) is 9.58. The topological polar surface area (TPSA) is 73.9 Å². The minimum atomic E-state index is -0.724. The Bertz CT molecular complexity index is 819. The van der Waals surface area contributed by atoms with Gasteiger partial charge in [0.15, 0.2) is 0 Å². The predicted molar refractivity (Wildman–Crippen MR) is 116 cm³/mol. The number of hydrogen-bond acceptors (Lipinski definition) is 5. The third-order valence-electron chi connectivity index (χ3n) is 4.51. The number of rotatable bonds is 8. The Labute approximate surface area is 172 Å². The molecule has 2 aromatic rings. The standard InChI is InChI=1S/C22H30N4O3/c1-6-29-20-10-8-7-9-18(20)24-22(28)21(27)23-15-19(26(4)5)16-11-13-17(14-12-16)25(2)3/h7-14,19H,6,15H2,1-5H3,(H,23,27)(H,24,28). The summed E-state index contributed by atoms with van der Waals surface area (Å²) in [5, 5.41) is 5.34. The number of anilines is 2. The van der Waals surface area contributed by atoms with Crippen molar-refractivity contribution < 1.29 is 14.3 Å². The number of nitrogens with zero attached hydrogens (tertiary/aromatic N) is 2. The van der Waals surface area contributed by atoms with Crippen LogP contribution in [0.15, 0.2) is 48.5 Å². The van der Waals surface area contributed by atoms with Crippen LogP contribution in [0.3, 0.4) is 0 Å². The predicted octanol–water partition coefficient (Wildman–Crippen LogP) is 2.51. The molecule has 0 aliphatic heterocycles. The molecule has 0 aromatic heterocycles. The summed E-state index contributed by atoms with van der Waals surface area (Å²) in [7, 11) is 7.85. The zero-order chi connectivity index (χ0) is 21.4. The maximum Gasteiger partial charge on any atom is 0.313 e. The van der Waals surface area contributed by atoms with Crippen molar-refractivity contribution in [1.82, 2.24) is 10.2 Å². The van der Waals surface area contributed by atoms with Gasteiger partial charge in [0.25, 0.3) is 0 Å². The minimum Gasteiger partial charge on any atom is -0.492 e. The van der Waals surface area contributed by atoms with Crippen LogP contribution in [0.1, 0.15) is 18.5 Å². The van der Waals surface area contributed by atoms with Crippen LogP contribution in [-0.4, -0.2) is 58.1 Å². The summed E-state index contributed by atoms with van der Waals surface area (Å²) in [5.74, 6) is -0.881. The molecular weight excluding hydrogens is 368 g/mol. The van der Waals surface area contributed by atoms with E-state index in [-0.39, 0.29) is 6.04 Å². The molecule has 0 spiro atoms. The Balaban J connectivity index is 2.00. The molecule has 2 aromatic carbocycles. The molecule has 0 saturated heterocycles. The summed E-state index contributed by atoms with van der Waals surface area (Å²) in [4.78, 5) is 28.7. The molecule has 2 amide bonds. The second-order valence-electron chi connectivity index (χ2n) is 7.06. The average molecular weight is 399 g/mol. The molecule has 1 atom stereocenters. The maximum atomic E-state index is 12.3. The first-order valence-electron chi connectivity index (χ1n) is 9.58. The molecule has 7 nitrogen and oxygen atoms in total. The molecule has 1 unspecified atom stereocenters. The molecule has 7 heteroatoms. The average Bonchev–Trinajstić information content (AvgIpc) is 2.69. The molecular formula is C22H30N4O3. The molecule has 0 fully saturated rings. The SMILES string of the molecule is CCOc1ccccc1NC(=O)C(=O)NCC(c1ccc(N(C)C)cc1)N(C)C. The van der Waals surface area contributed by atoms with Gasteiger partial charge in [-0.15, -0.1) is 0 Å². The highest BCUT2D eigenvalue weighted by atomic mass is 16.5. The van der Waals surface area contributed by atoms with Crippen LogP contribution >= 0.6 is 0 Å². The monoisotopic (exact) mass is 398 g/mol. The fraction of sp³-hybridized carbons (Fsp3) is 0.364. The summed E-state index contributed by atoms with van der Waals surface area (Å²) in [6, 6.07) is 15.1. The van der Waals surface area contributed by atoms with E-state index in [1.165, 1.54) is 0 Å². The number of nitrogens with one attached hydrogen (secondary N) is 2. The Morgan fingerprint density at radius 3 is 2.21 bits per heavy atom. The van der Waals surface area contributed by atoms with Crippen LogP contribution in [0.5, 0.6) is 5.75 Å². The molecule has 29 heavy (non-hydrogen) atoms. The number of carbonyl (C=O) groups excluding carboxylic acids is 2. The van der Waals surface area contributed by atoms with E-state index < -0.39 is 11.8 Å². The lowest BCUT2D eigenvalue weighted by molar-refractivity contribution is -0.136. The molecule has 0 heterocycles. The van der Waals surface area contributed by atoms with E-state index >= 15 is 0 Å². The van der Waals surface area contributed by atoms with Crippen molar-refractivity contribution in [2.75, 3.05) is 51.6 Å². The molecule has 0 saturated carbocycles. The quantitative estimate of drug-likeness (QED) is 0.669. The van der Waals surface area contributed by atoms with E-state index in [2.05, 4.69) is 10.6 Å². The number of para-hydroxylation sites is 2. The van der Waals surface area contributed by atoms with E-state index in [1.807, 2.05) is 75.2 Å². The van der Waals surface area contributed by atoms with Crippen LogP contribution < -0.4 is 20.3 Å². The fourth-order valence-electron chi connectivity index (χ4n) is 2.89. The van der Waals surface area contributed by atoms with Gasteiger partial charge in [0.05, 0.1) is 18.3 Å². The summed E-state index contributed by atoms with van der Waals surface area (Å²) in [6.07, 6.45) is 0. The van der Waals surface area contributed by atoms with Crippen LogP contribution in [0.25, 0.3) is 0 Å². The van der Waals surface area contributed by atoms with Crippen molar-refractivity contribution in [3.05, 3.63) is 54.1 Å². The van der Waals surface area contributed by atoms with E-state index in [0.29, 0.717) is 24.6 Å². The number of amides is 2. The van der Waals surface area contributed by atoms with Crippen molar-refractivity contribution >= 4 is 23.2 Å². The van der Waals surface area contributed by atoms with E-state index in [4.69, 9.17) is 4.74 Å². The van der Waals surface area contributed by atoms with Crippen molar-refractivity contribution in [1.29, 1.82) is 0 Å². The van der Waals surface area contributed by atoms with Gasteiger partial charge >= 0.3 is 11.8 Å². The third kappa shape index (κ3) is 6.22. The first kappa shape index (κ1) is 22.2. The number of ether oxygens (including phenoxy) is 1. The lowest BCUT2D eigenvalue weighted by Crippen LogP contribution is -2.40. The Hall–Kier alpha value is -3.06. The Morgan fingerprint density at radius 1 is 0.966 bits per heavy atom. The molecule has 2 N–H and O–H groups in total. The zero-order valence-electron chi connectivity index (χ0n) is 17.7. The van der Waals surface area contributed by atoms with Gasteiger partial charge in [-0.3, -0.25) is 9.59 Å². The second kappa shape index (κ2) is 10.5. The van der Waals surface area contributed by atoms with Gasteiger partial charge in [0, 0.05) is 26.3 Å². The largest absolute Gasteiger partial charge is 0.492 e. The van der Waals surface area contributed by atoms with Gasteiger partial charge in [0.1, 0.15) is 5.75 Å². The number of carbonyl (C=O) groups is 2.